The summed E-state index contributed by atoms with van der Waals surface area (Å²) in [6, 6.07) is 0.804. The summed E-state index contributed by atoms with van der Waals surface area (Å²) in [5, 5.41) is 13.3. The molecule has 1 aromatic rings. The minimum absolute atomic E-state index is 0.0604. The van der Waals surface area contributed by atoms with Crippen LogP contribution in [0, 0.1) is 5.41 Å². The second-order valence-electron chi connectivity index (χ2n) is 6.02. The van der Waals surface area contributed by atoms with Crippen molar-refractivity contribution < 1.29 is 23.0 Å². The molecule has 5 nitrogen and oxygen atoms in total. The lowest BCUT2D eigenvalue weighted by Gasteiger charge is -2.57. The molecule has 0 amide bonds. The van der Waals surface area contributed by atoms with E-state index >= 15 is 0 Å². The molecule has 1 aliphatic rings. The van der Waals surface area contributed by atoms with Crippen LogP contribution in [0.3, 0.4) is 0 Å². The zero-order valence-corrected chi connectivity index (χ0v) is 12.7. The number of aromatic nitrogens is 2. The third-order valence-electron chi connectivity index (χ3n) is 4.38. The van der Waals surface area contributed by atoms with Crippen LogP contribution in [0.25, 0.3) is 0 Å². The lowest BCUT2D eigenvalue weighted by molar-refractivity contribution is -0.233. The minimum atomic E-state index is -4.52. The fraction of sp³-hybridized carbons (Fsp3) is 0.714. The smallest absolute Gasteiger partial charge is 0.387 e. The van der Waals surface area contributed by atoms with Gasteiger partial charge in [-0.1, -0.05) is 13.8 Å². The Labute approximate surface area is 126 Å². The molecule has 0 spiro atoms. The maximum atomic E-state index is 12.6. The second-order valence-corrected chi connectivity index (χ2v) is 6.02. The summed E-state index contributed by atoms with van der Waals surface area (Å²) < 4.78 is 43.3. The molecule has 22 heavy (non-hydrogen) atoms. The van der Waals surface area contributed by atoms with Crippen LogP contribution >= 0.6 is 0 Å². The minimum Gasteiger partial charge on any atom is -0.387 e. The predicted octanol–water partition coefficient (Wildman–Crippen LogP) is 2.47. The second kappa shape index (κ2) is 5.66. The number of alkyl halides is 3. The summed E-state index contributed by atoms with van der Waals surface area (Å²) in [5.41, 5.74) is -2.60. The van der Waals surface area contributed by atoms with Crippen LogP contribution in [-0.2, 0) is 10.9 Å². The lowest BCUT2D eigenvalue weighted by Crippen LogP contribution is -2.67. The Morgan fingerprint density at radius 2 is 2.14 bits per heavy atom. The van der Waals surface area contributed by atoms with Crippen LogP contribution in [0.15, 0.2) is 12.3 Å². The number of halogens is 3. The van der Waals surface area contributed by atoms with Gasteiger partial charge in [-0.3, -0.25) is 0 Å². The molecule has 0 aromatic carbocycles. The van der Waals surface area contributed by atoms with Crippen LogP contribution in [0.1, 0.15) is 32.9 Å². The highest BCUT2D eigenvalue weighted by Crippen LogP contribution is 2.51. The third-order valence-corrected chi connectivity index (χ3v) is 4.38. The molecule has 1 heterocycles. The van der Waals surface area contributed by atoms with E-state index in [-0.39, 0.29) is 18.6 Å². The molecule has 2 N–H and O–H groups in total. The number of hydrogen-bond donors (Lipinski definition) is 2. The standard InChI is InChI=1S/C14H20F3N3O2/c1-4-22-10-7-13(21,12(10,2)3)8-19-11-18-6-5-9(20-11)14(15,16)17/h5-6,10,21H,4,7-8H2,1-3H3,(H,18,19,20). The molecule has 1 aromatic heterocycles. The Balaban J connectivity index is 2.02. The van der Waals surface area contributed by atoms with Gasteiger partial charge in [0, 0.05) is 31.2 Å². The summed E-state index contributed by atoms with van der Waals surface area (Å²) in [4.78, 5) is 7.17. The predicted molar refractivity (Wildman–Crippen MR) is 74.3 cm³/mol. The Kier molecular flexibility index (Phi) is 4.36. The fourth-order valence-electron chi connectivity index (χ4n) is 2.59. The van der Waals surface area contributed by atoms with Gasteiger partial charge < -0.3 is 15.2 Å². The van der Waals surface area contributed by atoms with Crippen molar-refractivity contribution in [2.45, 2.75) is 45.1 Å². The van der Waals surface area contributed by atoms with E-state index in [2.05, 4.69) is 15.3 Å². The number of anilines is 1. The van der Waals surface area contributed by atoms with Crippen LogP contribution < -0.4 is 5.32 Å². The largest absolute Gasteiger partial charge is 0.433 e. The normalized spacial score (nSPS) is 27.3. The summed E-state index contributed by atoms with van der Waals surface area (Å²) in [5.74, 6) is -0.154. The third kappa shape index (κ3) is 3.03. The van der Waals surface area contributed by atoms with E-state index in [1.165, 1.54) is 0 Å². The lowest BCUT2D eigenvalue weighted by atomic mass is 9.56. The molecule has 2 unspecified atom stereocenters. The molecule has 8 heteroatoms. The summed E-state index contributed by atoms with van der Waals surface area (Å²) in [6.07, 6.45) is -3.14. The van der Waals surface area contributed by atoms with E-state index in [1.807, 2.05) is 20.8 Å². The Hall–Kier alpha value is -1.41. The molecule has 2 atom stereocenters. The molecule has 2 rings (SSSR count). The van der Waals surface area contributed by atoms with Gasteiger partial charge in [-0.25, -0.2) is 9.97 Å². The van der Waals surface area contributed by atoms with Crippen LogP contribution in [0.4, 0.5) is 19.1 Å². The molecule has 0 saturated heterocycles. The Morgan fingerprint density at radius 1 is 1.45 bits per heavy atom. The van der Waals surface area contributed by atoms with Crippen LogP contribution in [0.5, 0.6) is 0 Å². The molecule has 124 valence electrons. The molecule has 1 aliphatic carbocycles. The average Bonchev–Trinajstić information content (AvgIpc) is 2.44. The number of aliphatic hydroxyl groups is 1. The first-order valence-corrected chi connectivity index (χ1v) is 7.08. The quantitative estimate of drug-likeness (QED) is 0.873. The summed E-state index contributed by atoms with van der Waals surface area (Å²) >= 11 is 0. The molecular formula is C14H20F3N3O2. The Morgan fingerprint density at radius 3 is 2.68 bits per heavy atom. The topological polar surface area (TPSA) is 67.3 Å². The van der Waals surface area contributed by atoms with Crippen molar-refractivity contribution in [3.63, 3.8) is 0 Å². The number of nitrogens with zero attached hydrogens (tertiary/aromatic N) is 2. The molecular weight excluding hydrogens is 299 g/mol. The van der Waals surface area contributed by atoms with Gasteiger partial charge in [0.1, 0.15) is 5.69 Å². The van der Waals surface area contributed by atoms with Crippen molar-refractivity contribution in [3.8, 4) is 0 Å². The van der Waals surface area contributed by atoms with Gasteiger partial charge in [0.25, 0.3) is 0 Å². The van der Waals surface area contributed by atoms with E-state index < -0.39 is 22.9 Å². The maximum absolute atomic E-state index is 12.6. The number of rotatable bonds is 5. The van der Waals surface area contributed by atoms with E-state index in [4.69, 9.17) is 4.74 Å². The molecule has 0 bridgehead atoms. The van der Waals surface area contributed by atoms with Gasteiger partial charge in [0.05, 0.1) is 11.7 Å². The van der Waals surface area contributed by atoms with E-state index in [0.29, 0.717) is 13.0 Å². The number of hydrogen-bond acceptors (Lipinski definition) is 5. The fourth-order valence-corrected chi connectivity index (χ4v) is 2.59. The van der Waals surface area contributed by atoms with Crippen molar-refractivity contribution in [3.05, 3.63) is 18.0 Å². The van der Waals surface area contributed by atoms with E-state index in [0.717, 1.165) is 12.3 Å². The maximum Gasteiger partial charge on any atom is 0.433 e. The molecule has 1 saturated carbocycles. The number of nitrogens with one attached hydrogen (secondary N) is 1. The first-order chi connectivity index (χ1) is 10.1. The highest BCUT2D eigenvalue weighted by Gasteiger charge is 2.59. The first kappa shape index (κ1) is 17.0. The van der Waals surface area contributed by atoms with Gasteiger partial charge in [-0.2, -0.15) is 13.2 Å². The van der Waals surface area contributed by atoms with Gasteiger partial charge >= 0.3 is 6.18 Å². The van der Waals surface area contributed by atoms with Crippen molar-refractivity contribution in [2.24, 2.45) is 5.41 Å². The molecule has 0 radical (unpaired) electrons. The van der Waals surface area contributed by atoms with E-state index in [9.17, 15) is 18.3 Å². The van der Waals surface area contributed by atoms with E-state index in [1.54, 1.807) is 0 Å². The molecule has 0 aliphatic heterocycles. The Bertz CT molecular complexity index is 536. The van der Waals surface area contributed by atoms with Crippen LogP contribution in [-0.4, -0.2) is 39.9 Å². The van der Waals surface area contributed by atoms with Crippen molar-refractivity contribution >= 4 is 5.95 Å². The summed E-state index contributed by atoms with van der Waals surface area (Å²) in [6.45, 7) is 6.22. The zero-order chi connectivity index (χ0) is 16.6. The highest BCUT2D eigenvalue weighted by molar-refractivity contribution is 5.28. The average molecular weight is 319 g/mol. The zero-order valence-electron chi connectivity index (χ0n) is 12.7. The van der Waals surface area contributed by atoms with Gasteiger partial charge in [-0.15, -0.1) is 0 Å². The van der Waals surface area contributed by atoms with Crippen LogP contribution in [0.2, 0.25) is 0 Å². The van der Waals surface area contributed by atoms with Crippen molar-refractivity contribution in [1.29, 1.82) is 0 Å². The molecule has 1 fully saturated rings. The first-order valence-electron chi connectivity index (χ1n) is 7.08. The van der Waals surface area contributed by atoms with Crippen molar-refractivity contribution in [1.82, 2.24) is 9.97 Å². The summed E-state index contributed by atoms with van der Waals surface area (Å²) in [7, 11) is 0. The van der Waals surface area contributed by atoms with Crippen molar-refractivity contribution in [2.75, 3.05) is 18.5 Å². The van der Waals surface area contributed by atoms with Gasteiger partial charge in [0.2, 0.25) is 5.95 Å². The highest BCUT2D eigenvalue weighted by atomic mass is 19.4. The SMILES string of the molecule is CCOC1CC(O)(CNc2nccc(C(F)(F)F)n2)C1(C)C. The van der Waals surface area contributed by atoms with Gasteiger partial charge in [0.15, 0.2) is 0 Å². The monoisotopic (exact) mass is 319 g/mol. The number of ether oxygens (including phenoxy) is 1. The van der Waals surface area contributed by atoms with Gasteiger partial charge in [-0.05, 0) is 13.0 Å².